The minimum atomic E-state index is -0.599. The molecule has 3 heterocycles. The summed E-state index contributed by atoms with van der Waals surface area (Å²) in [6.07, 6.45) is 3.61. The second kappa shape index (κ2) is 5.62. The number of carbonyl (C=O) groups excluding carboxylic acids is 1. The first-order valence-electron chi connectivity index (χ1n) is 8.25. The lowest BCUT2D eigenvalue weighted by Crippen LogP contribution is -2.64. The second-order valence-electron chi connectivity index (χ2n) is 6.96. The van der Waals surface area contributed by atoms with Crippen LogP contribution in [-0.2, 0) is 10.3 Å². The van der Waals surface area contributed by atoms with Crippen LogP contribution < -0.4 is 5.32 Å². The van der Waals surface area contributed by atoms with Gasteiger partial charge in [-0.05, 0) is 54.8 Å². The fourth-order valence-corrected chi connectivity index (χ4v) is 4.67. The number of halogens is 1. The van der Waals surface area contributed by atoms with E-state index in [9.17, 15) is 9.18 Å². The maximum atomic E-state index is 13.0. The number of thiophene rings is 1. The number of rotatable bonds is 3. The van der Waals surface area contributed by atoms with Gasteiger partial charge in [0, 0.05) is 23.7 Å². The molecule has 2 aromatic heterocycles. The third-order valence-corrected chi connectivity index (χ3v) is 6.37. The summed E-state index contributed by atoms with van der Waals surface area (Å²) < 4.78 is 13.0. The van der Waals surface area contributed by atoms with E-state index in [1.54, 1.807) is 24.5 Å². The van der Waals surface area contributed by atoms with Crippen LogP contribution in [-0.4, -0.2) is 28.8 Å². The molecule has 1 aliphatic heterocycles. The average Bonchev–Trinajstić information content (AvgIpc) is 3.27. The minimum absolute atomic E-state index is 0.00662. The van der Waals surface area contributed by atoms with Crippen molar-refractivity contribution in [2.75, 3.05) is 7.05 Å². The first-order valence-corrected chi connectivity index (χ1v) is 9.13. The van der Waals surface area contributed by atoms with Crippen molar-refractivity contribution in [3.05, 3.63) is 40.6 Å². The number of amides is 1. The SMILES string of the molecule is CN1C(=N)N[C@](C)(c2cc(-c3ccc(F)nc3)cs2)[C@H](C2CC2)C1=O. The highest BCUT2D eigenvalue weighted by Crippen LogP contribution is 2.49. The van der Waals surface area contributed by atoms with Gasteiger partial charge in [-0.25, -0.2) is 4.98 Å². The molecule has 0 spiro atoms. The van der Waals surface area contributed by atoms with Gasteiger partial charge in [-0.15, -0.1) is 11.3 Å². The summed E-state index contributed by atoms with van der Waals surface area (Å²) >= 11 is 1.56. The summed E-state index contributed by atoms with van der Waals surface area (Å²) in [6.45, 7) is 2.01. The third kappa shape index (κ3) is 2.63. The van der Waals surface area contributed by atoms with Crippen LogP contribution in [0.1, 0.15) is 24.6 Å². The van der Waals surface area contributed by atoms with Crippen molar-refractivity contribution >= 4 is 23.2 Å². The lowest BCUT2D eigenvalue weighted by Gasteiger charge is -2.45. The monoisotopic (exact) mass is 358 g/mol. The summed E-state index contributed by atoms with van der Waals surface area (Å²) in [5, 5.41) is 13.4. The van der Waals surface area contributed by atoms with E-state index in [-0.39, 0.29) is 17.8 Å². The molecule has 7 heteroatoms. The van der Waals surface area contributed by atoms with Gasteiger partial charge in [-0.2, -0.15) is 4.39 Å². The number of pyridine rings is 1. The van der Waals surface area contributed by atoms with E-state index < -0.39 is 11.5 Å². The Hall–Kier alpha value is -2.28. The van der Waals surface area contributed by atoms with Crippen LogP contribution in [0.3, 0.4) is 0 Å². The summed E-state index contributed by atoms with van der Waals surface area (Å²) in [5.41, 5.74) is 1.19. The molecule has 25 heavy (non-hydrogen) atoms. The molecule has 2 atom stereocenters. The number of nitrogens with one attached hydrogen (secondary N) is 2. The van der Waals surface area contributed by atoms with E-state index >= 15 is 0 Å². The largest absolute Gasteiger partial charge is 0.345 e. The highest BCUT2D eigenvalue weighted by molar-refractivity contribution is 7.10. The lowest BCUT2D eigenvalue weighted by atomic mass is 9.78. The Morgan fingerprint density at radius 3 is 2.80 bits per heavy atom. The van der Waals surface area contributed by atoms with Crippen molar-refractivity contribution in [2.45, 2.75) is 25.3 Å². The molecule has 0 radical (unpaired) electrons. The average molecular weight is 358 g/mol. The fraction of sp³-hybridized carbons (Fsp3) is 0.389. The first-order chi connectivity index (χ1) is 11.9. The Balaban J connectivity index is 1.73. The fourth-order valence-electron chi connectivity index (χ4n) is 3.60. The quantitative estimate of drug-likeness (QED) is 0.828. The zero-order valence-corrected chi connectivity index (χ0v) is 14.9. The van der Waals surface area contributed by atoms with Crippen LogP contribution in [0.5, 0.6) is 0 Å². The molecule has 4 rings (SSSR count). The highest BCUT2D eigenvalue weighted by atomic mass is 32.1. The Kier molecular flexibility index (Phi) is 3.64. The van der Waals surface area contributed by atoms with Crippen molar-refractivity contribution in [1.29, 1.82) is 5.41 Å². The van der Waals surface area contributed by atoms with Crippen molar-refractivity contribution in [1.82, 2.24) is 15.2 Å². The van der Waals surface area contributed by atoms with E-state index in [1.807, 2.05) is 18.4 Å². The van der Waals surface area contributed by atoms with Gasteiger partial charge in [0.25, 0.3) is 0 Å². The van der Waals surface area contributed by atoms with Gasteiger partial charge in [-0.3, -0.25) is 15.1 Å². The summed E-state index contributed by atoms with van der Waals surface area (Å²) in [5.74, 6) is -0.186. The molecule has 5 nitrogen and oxygen atoms in total. The van der Waals surface area contributed by atoms with Crippen LogP contribution in [0.2, 0.25) is 0 Å². The Bertz CT molecular complexity index is 845. The number of hydrogen-bond acceptors (Lipinski definition) is 4. The maximum Gasteiger partial charge on any atom is 0.235 e. The Labute approximate surface area is 149 Å². The summed E-state index contributed by atoms with van der Waals surface area (Å²) in [7, 11) is 1.65. The van der Waals surface area contributed by atoms with Crippen molar-refractivity contribution in [3.8, 4) is 11.1 Å². The molecule has 0 aromatic carbocycles. The smallest absolute Gasteiger partial charge is 0.235 e. The maximum absolute atomic E-state index is 13.0. The van der Waals surface area contributed by atoms with Crippen LogP contribution in [0.15, 0.2) is 29.8 Å². The zero-order chi connectivity index (χ0) is 17.8. The molecule has 1 aliphatic carbocycles. The topological polar surface area (TPSA) is 69.1 Å². The van der Waals surface area contributed by atoms with Gasteiger partial charge in [0.15, 0.2) is 5.96 Å². The van der Waals surface area contributed by atoms with Gasteiger partial charge in [0.1, 0.15) is 0 Å². The minimum Gasteiger partial charge on any atom is -0.345 e. The molecule has 0 bridgehead atoms. The van der Waals surface area contributed by atoms with Gasteiger partial charge in [0.2, 0.25) is 11.9 Å². The molecule has 2 N–H and O–H groups in total. The van der Waals surface area contributed by atoms with Gasteiger partial charge < -0.3 is 5.32 Å². The molecule has 2 aromatic rings. The van der Waals surface area contributed by atoms with E-state index in [4.69, 9.17) is 5.41 Å². The second-order valence-corrected chi connectivity index (χ2v) is 7.87. The number of hydrogen-bond donors (Lipinski definition) is 2. The number of aromatic nitrogens is 1. The molecule has 1 amide bonds. The lowest BCUT2D eigenvalue weighted by molar-refractivity contribution is -0.136. The standard InChI is InChI=1S/C18H19FN4OS/c1-18(15(10-3-4-10)16(24)23(2)17(20)22-18)13-7-12(9-25-13)11-5-6-14(19)21-8-11/h5-10,15H,3-4H2,1-2H3,(H2,20,22)/t15-,18-/m1/s1. The van der Waals surface area contributed by atoms with Crippen LogP contribution in [0, 0.1) is 23.2 Å². The molecule has 2 aliphatic rings. The van der Waals surface area contributed by atoms with Gasteiger partial charge >= 0.3 is 0 Å². The van der Waals surface area contributed by atoms with Crippen LogP contribution in [0.25, 0.3) is 11.1 Å². The zero-order valence-electron chi connectivity index (χ0n) is 14.0. The van der Waals surface area contributed by atoms with E-state index in [1.165, 1.54) is 17.2 Å². The molecule has 0 unspecified atom stereocenters. The van der Waals surface area contributed by atoms with Crippen molar-refractivity contribution in [3.63, 3.8) is 0 Å². The Morgan fingerprint density at radius 2 is 2.16 bits per heavy atom. The molecular weight excluding hydrogens is 339 g/mol. The van der Waals surface area contributed by atoms with Crippen molar-refractivity contribution < 1.29 is 9.18 Å². The molecular formula is C18H19FN4OS. The molecule has 1 saturated heterocycles. The first kappa shape index (κ1) is 16.2. The van der Waals surface area contributed by atoms with Crippen LogP contribution >= 0.6 is 11.3 Å². The van der Waals surface area contributed by atoms with Gasteiger partial charge in [-0.1, -0.05) is 0 Å². The Morgan fingerprint density at radius 1 is 1.40 bits per heavy atom. The predicted molar refractivity (Wildman–Crippen MR) is 94.7 cm³/mol. The summed E-state index contributed by atoms with van der Waals surface area (Å²) in [6, 6.07) is 5.06. The van der Waals surface area contributed by atoms with E-state index in [0.717, 1.165) is 28.8 Å². The normalized spacial score (nSPS) is 26.7. The van der Waals surface area contributed by atoms with Gasteiger partial charge in [0.05, 0.1) is 11.5 Å². The molecule has 1 saturated carbocycles. The number of carbonyl (C=O) groups is 1. The summed E-state index contributed by atoms with van der Waals surface area (Å²) in [4.78, 5) is 18.9. The molecule has 2 fully saturated rings. The number of nitrogens with zero attached hydrogens (tertiary/aromatic N) is 2. The van der Waals surface area contributed by atoms with Crippen molar-refractivity contribution in [2.24, 2.45) is 11.8 Å². The number of guanidine groups is 1. The van der Waals surface area contributed by atoms with E-state index in [0.29, 0.717) is 5.92 Å². The van der Waals surface area contributed by atoms with E-state index in [2.05, 4.69) is 10.3 Å². The predicted octanol–water partition coefficient (Wildman–Crippen LogP) is 3.19. The third-order valence-electron chi connectivity index (χ3n) is 5.20. The molecule has 130 valence electrons. The van der Waals surface area contributed by atoms with Crippen LogP contribution in [0.4, 0.5) is 4.39 Å². The highest BCUT2D eigenvalue weighted by Gasteiger charge is 2.54.